The molecule has 2 aromatic carbocycles. The number of hydrazone groups is 1. The standard InChI is InChI=1S/C30H37F6N7/c1-3-42(17-20-9-5-4-6-10-20)27-23(15-22-11-7-8-12-26(22)39-27)19-43(28(37)40-41(2)38)18-21-13-24(29(31,32)33)16-25(14-21)30(34,35)36/h7-8,11-16,20H,3-6,9-10,17-19,38H2,1-2H3,(H2,37,40). The van der Waals surface area contributed by atoms with E-state index in [4.69, 9.17) is 16.6 Å². The van der Waals surface area contributed by atoms with Crippen molar-refractivity contribution in [3.8, 4) is 0 Å². The van der Waals surface area contributed by atoms with Crippen LogP contribution in [0.5, 0.6) is 0 Å². The normalized spacial score (nSPS) is 15.1. The summed E-state index contributed by atoms with van der Waals surface area (Å²) < 4.78 is 81.6. The average molecular weight is 610 g/mol. The van der Waals surface area contributed by atoms with Crippen LogP contribution >= 0.6 is 0 Å². The predicted molar refractivity (Wildman–Crippen MR) is 155 cm³/mol. The van der Waals surface area contributed by atoms with Crippen LogP contribution in [0.25, 0.3) is 10.9 Å². The van der Waals surface area contributed by atoms with E-state index in [-0.39, 0.29) is 24.1 Å². The highest BCUT2D eigenvalue weighted by molar-refractivity contribution is 5.82. The van der Waals surface area contributed by atoms with Gasteiger partial charge in [-0.2, -0.15) is 26.3 Å². The fourth-order valence-corrected chi connectivity index (χ4v) is 5.57. The molecule has 1 aromatic heterocycles. The Morgan fingerprint density at radius 1 is 0.930 bits per heavy atom. The minimum Gasteiger partial charge on any atom is -0.368 e. The number of guanidine groups is 1. The molecule has 0 saturated heterocycles. The summed E-state index contributed by atoms with van der Waals surface area (Å²) in [5, 5.41) is 5.78. The molecule has 0 spiro atoms. The second kappa shape index (κ2) is 13.3. The van der Waals surface area contributed by atoms with Gasteiger partial charge >= 0.3 is 12.4 Å². The van der Waals surface area contributed by atoms with E-state index in [0.29, 0.717) is 36.0 Å². The van der Waals surface area contributed by atoms with Crippen molar-refractivity contribution in [1.29, 1.82) is 0 Å². The number of nitrogens with zero attached hydrogens (tertiary/aromatic N) is 5. The minimum absolute atomic E-state index is 0.00903. The van der Waals surface area contributed by atoms with Gasteiger partial charge in [0.15, 0.2) is 0 Å². The van der Waals surface area contributed by atoms with Gasteiger partial charge in [-0.3, -0.25) is 0 Å². The topological polar surface area (TPSA) is 87.0 Å². The Hall–Kier alpha value is -3.74. The molecule has 13 heteroatoms. The third-order valence-electron chi connectivity index (χ3n) is 7.63. The molecule has 0 aliphatic heterocycles. The zero-order chi connectivity index (χ0) is 31.4. The molecular weight excluding hydrogens is 572 g/mol. The number of halogens is 6. The number of hydrogen-bond acceptors (Lipinski definition) is 5. The minimum atomic E-state index is -4.98. The van der Waals surface area contributed by atoms with Gasteiger partial charge in [-0.25, -0.2) is 15.9 Å². The van der Waals surface area contributed by atoms with Crippen molar-refractivity contribution < 1.29 is 26.3 Å². The molecule has 3 aromatic rings. The van der Waals surface area contributed by atoms with Crippen LogP contribution in [0, 0.1) is 5.92 Å². The van der Waals surface area contributed by atoms with E-state index >= 15 is 0 Å². The van der Waals surface area contributed by atoms with Gasteiger partial charge in [0.25, 0.3) is 0 Å². The first-order valence-electron chi connectivity index (χ1n) is 14.2. The molecule has 43 heavy (non-hydrogen) atoms. The molecule has 1 fully saturated rings. The van der Waals surface area contributed by atoms with Gasteiger partial charge in [-0.05, 0) is 61.6 Å². The monoisotopic (exact) mass is 609 g/mol. The quantitative estimate of drug-likeness (QED) is 0.0922. The van der Waals surface area contributed by atoms with E-state index in [0.717, 1.165) is 35.4 Å². The van der Waals surface area contributed by atoms with Crippen LogP contribution < -0.4 is 16.5 Å². The van der Waals surface area contributed by atoms with Gasteiger partial charge in [-0.1, -0.05) is 37.5 Å². The fourth-order valence-electron chi connectivity index (χ4n) is 5.57. The third kappa shape index (κ3) is 8.43. The first kappa shape index (κ1) is 32.2. The number of hydrazine groups is 1. The van der Waals surface area contributed by atoms with Crippen molar-refractivity contribution in [1.82, 2.24) is 15.0 Å². The molecule has 0 bridgehead atoms. The summed E-state index contributed by atoms with van der Waals surface area (Å²) in [6.45, 7) is 3.09. The van der Waals surface area contributed by atoms with Crippen molar-refractivity contribution in [2.75, 3.05) is 25.0 Å². The molecular formula is C30H37F6N7. The molecule has 1 aliphatic rings. The Bertz CT molecular complexity index is 1380. The number of nitrogens with two attached hydrogens (primary N) is 2. The molecule has 1 heterocycles. The lowest BCUT2D eigenvalue weighted by atomic mass is 9.89. The van der Waals surface area contributed by atoms with Crippen LogP contribution in [-0.2, 0) is 25.4 Å². The van der Waals surface area contributed by atoms with Gasteiger partial charge in [0.05, 0.1) is 16.6 Å². The van der Waals surface area contributed by atoms with Crippen LogP contribution in [0.2, 0.25) is 0 Å². The average Bonchev–Trinajstić information content (AvgIpc) is 2.94. The molecule has 0 unspecified atom stereocenters. The van der Waals surface area contributed by atoms with E-state index in [1.54, 1.807) is 0 Å². The number of anilines is 1. The molecule has 4 rings (SSSR count). The summed E-state index contributed by atoms with van der Waals surface area (Å²) in [6, 6.07) is 11.0. The molecule has 0 atom stereocenters. The molecule has 7 nitrogen and oxygen atoms in total. The zero-order valence-electron chi connectivity index (χ0n) is 24.2. The number of pyridine rings is 1. The summed E-state index contributed by atoms with van der Waals surface area (Å²) in [4.78, 5) is 8.56. The highest BCUT2D eigenvalue weighted by atomic mass is 19.4. The molecule has 0 radical (unpaired) electrons. The number of aromatic nitrogens is 1. The lowest BCUT2D eigenvalue weighted by molar-refractivity contribution is -0.143. The Morgan fingerprint density at radius 2 is 1.56 bits per heavy atom. The van der Waals surface area contributed by atoms with E-state index < -0.39 is 30.0 Å². The molecule has 0 amide bonds. The molecule has 1 aliphatic carbocycles. The Balaban J connectivity index is 1.78. The fraction of sp³-hybridized carbons (Fsp3) is 0.467. The number of alkyl halides is 6. The first-order valence-corrected chi connectivity index (χ1v) is 14.2. The van der Waals surface area contributed by atoms with Crippen molar-refractivity contribution in [3.63, 3.8) is 0 Å². The smallest absolute Gasteiger partial charge is 0.368 e. The Kier molecular flexibility index (Phi) is 9.93. The van der Waals surface area contributed by atoms with Gasteiger partial charge in [0.2, 0.25) is 5.96 Å². The van der Waals surface area contributed by atoms with Crippen molar-refractivity contribution in [3.05, 3.63) is 70.8 Å². The van der Waals surface area contributed by atoms with E-state index in [2.05, 4.69) is 10.0 Å². The number of fused-ring (bicyclic) bond motifs is 1. The molecule has 4 N–H and O–H groups in total. The van der Waals surface area contributed by atoms with Crippen LogP contribution in [-0.4, -0.2) is 41.1 Å². The maximum atomic E-state index is 13.6. The lowest BCUT2D eigenvalue weighted by Gasteiger charge is -2.32. The lowest BCUT2D eigenvalue weighted by Crippen LogP contribution is -2.40. The summed E-state index contributed by atoms with van der Waals surface area (Å²) in [6.07, 6.45) is -4.16. The summed E-state index contributed by atoms with van der Waals surface area (Å²) in [5.74, 6) is 6.68. The second-order valence-electron chi connectivity index (χ2n) is 11.0. The maximum Gasteiger partial charge on any atom is 0.416 e. The zero-order valence-corrected chi connectivity index (χ0v) is 24.2. The SMILES string of the molecule is CCN(CC1CCCCC1)c1nc2ccccc2cc1CN(Cc1cc(C(F)(F)F)cc(C(F)(F)F)c1)/C(N)=N/N(C)N. The van der Waals surface area contributed by atoms with E-state index in [1.165, 1.54) is 31.2 Å². The maximum absolute atomic E-state index is 13.6. The Morgan fingerprint density at radius 3 is 2.14 bits per heavy atom. The van der Waals surface area contributed by atoms with E-state index in [1.807, 2.05) is 37.3 Å². The number of benzene rings is 2. The van der Waals surface area contributed by atoms with Gasteiger partial charge in [0, 0.05) is 44.2 Å². The third-order valence-corrected chi connectivity index (χ3v) is 7.63. The Labute approximate surface area is 247 Å². The molecule has 234 valence electrons. The van der Waals surface area contributed by atoms with Crippen LogP contribution in [0.15, 0.2) is 53.6 Å². The number of hydrogen-bond donors (Lipinski definition) is 2. The summed E-state index contributed by atoms with van der Waals surface area (Å²) >= 11 is 0. The van der Waals surface area contributed by atoms with Gasteiger partial charge in [0.1, 0.15) is 5.82 Å². The largest absolute Gasteiger partial charge is 0.416 e. The van der Waals surface area contributed by atoms with Crippen molar-refractivity contribution in [2.45, 2.75) is 64.5 Å². The van der Waals surface area contributed by atoms with Gasteiger partial charge in [-0.15, -0.1) is 5.10 Å². The van der Waals surface area contributed by atoms with Crippen LogP contribution in [0.3, 0.4) is 0 Å². The van der Waals surface area contributed by atoms with E-state index in [9.17, 15) is 26.3 Å². The van der Waals surface area contributed by atoms with Crippen molar-refractivity contribution >= 4 is 22.7 Å². The highest BCUT2D eigenvalue weighted by Crippen LogP contribution is 2.37. The number of para-hydroxylation sites is 1. The number of rotatable bonds is 9. The van der Waals surface area contributed by atoms with Crippen molar-refractivity contribution in [2.24, 2.45) is 22.6 Å². The predicted octanol–water partition coefficient (Wildman–Crippen LogP) is 6.72. The summed E-state index contributed by atoms with van der Waals surface area (Å²) in [5.41, 5.74) is 4.70. The van der Waals surface area contributed by atoms with Crippen LogP contribution in [0.1, 0.15) is 61.3 Å². The highest BCUT2D eigenvalue weighted by Gasteiger charge is 2.37. The van der Waals surface area contributed by atoms with Crippen LogP contribution in [0.4, 0.5) is 32.2 Å². The molecule has 1 saturated carbocycles. The summed E-state index contributed by atoms with van der Waals surface area (Å²) in [7, 11) is 1.41. The van der Waals surface area contributed by atoms with Gasteiger partial charge < -0.3 is 15.5 Å². The second-order valence-corrected chi connectivity index (χ2v) is 11.0. The first-order chi connectivity index (χ1) is 20.2.